The highest BCUT2D eigenvalue weighted by Crippen LogP contribution is 2.37. The number of rotatable bonds is 9. The molecule has 4 rings (SSSR count). The van der Waals surface area contributed by atoms with Crippen molar-refractivity contribution in [2.24, 2.45) is 7.05 Å². The number of anilines is 2. The summed E-state index contributed by atoms with van der Waals surface area (Å²) < 4.78 is 27.6. The number of hydrogen-bond donors (Lipinski definition) is 1. The van der Waals surface area contributed by atoms with Crippen LogP contribution in [-0.2, 0) is 7.05 Å². The molecule has 0 aliphatic rings. The fourth-order valence-electron chi connectivity index (χ4n) is 3.61. The number of ether oxygens (including phenoxy) is 2. The summed E-state index contributed by atoms with van der Waals surface area (Å²) >= 11 is 0. The van der Waals surface area contributed by atoms with E-state index < -0.39 is 5.82 Å². The van der Waals surface area contributed by atoms with Gasteiger partial charge in [0.1, 0.15) is 11.6 Å². The lowest BCUT2D eigenvalue weighted by atomic mass is 10.1. The molecular formula is C24H25FN6O2. The number of halogens is 1. The second-order valence-electron chi connectivity index (χ2n) is 7.50. The molecule has 33 heavy (non-hydrogen) atoms. The average Bonchev–Trinajstić information content (AvgIpc) is 3.28. The lowest BCUT2D eigenvalue weighted by Crippen LogP contribution is -2.21. The van der Waals surface area contributed by atoms with E-state index in [1.165, 1.54) is 26.5 Å². The number of pyridine rings is 2. The molecule has 3 heterocycles. The van der Waals surface area contributed by atoms with Crippen molar-refractivity contribution in [2.45, 2.75) is 12.8 Å². The van der Waals surface area contributed by atoms with Gasteiger partial charge in [0.15, 0.2) is 11.6 Å². The van der Waals surface area contributed by atoms with Gasteiger partial charge in [-0.2, -0.15) is 5.10 Å². The molecule has 0 unspecified atom stereocenters. The van der Waals surface area contributed by atoms with Crippen LogP contribution in [0.4, 0.5) is 15.9 Å². The van der Waals surface area contributed by atoms with Crippen LogP contribution < -0.4 is 14.4 Å². The van der Waals surface area contributed by atoms with Gasteiger partial charge in [-0.25, -0.2) is 9.37 Å². The maximum absolute atomic E-state index is 15.3. The maximum Gasteiger partial charge on any atom is 0.188 e. The van der Waals surface area contributed by atoms with Crippen LogP contribution in [0.1, 0.15) is 12.8 Å². The summed E-state index contributed by atoms with van der Waals surface area (Å²) in [6.07, 6.45) is 8.03. The minimum atomic E-state index is -0.503. The van der Waals surface area contributed by atoms with Gasteiger partial charge in [-0.05, 0) is 37.3 Å². The zero-order valence-electron chi connectivity index (χ0n) is 18.7. The van der Waals surface area contributed by atoms with E-state index in [0.29, 0.717) is 42.2 Å². The van der Waals surface area contributed by atoms with E-state index in [4.69, 9.17) is 19.9 Å². The molecule has 0 amide bonds. The average molecular weight is 449 g/mol. The Balaban J connectivity index is 1.81. The van der Waals surface area contributed by atoms with Gasteiger partial charge in [-0.3, -0.25) is 9.67 Å². The summed E-state index contributed by atoms with van der Waals surface area (Å²) in [6.45, 7) is 0.455. The molecule has 0 aliphatic heterocycles. The molecule has 0 atom stereocenters. The maximum atomic E-state index is 15.3. The van der Waals surface area contributed by atoms with Crippen molar-refractivity contribution in [3.63, 3.8) is 0 Å². The Hall–Kier alpha value is -4.01. The Morgan fingerprint density at radius 3 is 2.64 bits per heavy atom. The summed E-state index contributed by atoms with van der Waals surface area (Å²) in [5, 5.41) is 11.6. The van der Waals surface area contributed by atoms with Gasteiger partial charge < -0.3 is 19.8 Å². The number of aromatic nitrogens is 4. The van der Waals surface area contributed by atoms with Crippen LogP contribution in [0.25, 0.3) is 22.2 Å². The number of methoxy groups -OCH3 is 2. The Morgan fingerprint density at radius 2 is 1.94 bits per heavy atom. The standard InChI is InChI=1S/C24H25FN6O2/c1-30-15-17(14-28-30)16-10-20-19(27-13-16)6-7-23(29-20)31(9-5-4-8-26)21-11-18(32-2)12-22(33-3)24(21)25/h6-8,10-15,26H,4-5,9H2,1-3H3. The fourth-order valence-corrected chi connectivity index (χ4v) is 3.61. The smallest absolute Gasteiger partial charge is 0.188 e. The van der Waals surface area contributed by atoms with Crippen molar-refractivity contribution in [2.75, 3.05) is 25.7 Å². The van der Waals surface area contributed by atoms with E-state index in [2.05, 4.69) is 10.1 Å². The second kappa shape index (κ2) is 9.64. The Kier molecular flexibility index (Phi) is 6.48. The molecule has 1 N–H and O–H groups in total. The third-order valence-electron chi connectivity index (χ3n) is 5.31. The molecule has 0 saturated carbocycles. The Bertz CT molecular complexity index is 1290. The van der Waals surface area contributed by atoms with Crippen LogP contribution in [0, 0.1) is 11.2 Å². The van der Waals surface area contributed by atoms with Gasteiger partial charge in [0, 0.05) is 49.2 Å². The van der Waals surface area contributed by atoms with Crippen LogP contribution >= 0.6 is 0 Å². The highest BCUT2D eigenvalue weighted by Gasteiger charge is 2.20. The van der Waals surface area contributed by atoms with Crippen LogP contribution in [0.2, 0.25) is 0 Å². The van der Waals surface area contributed by atoms with Crippen molar-refractivity contribution < 1.29 is 13.9 Å². The molecule has 0 saturated heterocycles. The molecule has 3 aromatic heterocycles. The molecule has 0 fully saturated rings. The minimum absolute atomic E-state index is 0.0859. The first-order valence-electron chi connectivity index (χ1n) is 10.5. The Labute approximate surface area is 191 Å². The number of fused-ring (bicyclic) bond motifs is 1. The lowest BCUT2D eigenvalue weighted by molar-refractivity contribution is 0.374. The van der Waals surface area contributed by atoms with E-state index in [-0.39, 0.29) is 5.75 Å². The van der Waals surface area contributed by atoms with Crippen molar-refractivity contribution in [1.29, 1.82) is 5.41 Å². The monoisotopic (exact) mass is 448 g/mol. The molecule has 4 aromatic rings. The van der Waals surface area contributed by atoms with Crippen molar-refractivity contribution in [3.05, 3.63) is 54.7 Å². The highest BCUT2D eigenvalue weighted by molar-refractivity contribution is 5.82. The van der Waals surface area contributed by atoms with Gasteiger partial charge in [-0.15, -0.1) is 0 Å². The van der Waals surface area contributed by atoms with Crippen LogP contribution in [0.5, 0.6) is 11.5 Å². The molecule has 170 valence electrons. The van der Waals surface area contributed by atoms with Gasteiger partial charge in [0.25, 0.3) is 0 Å². The first-order chi connectivity index (χ1) is 16.0. The largest absolute Gasteiger partial charge is 0.497 e. The zero-order chi connectivity index (χ0) is 23.4. The van der Waals surface area contributed by atoms with Crippen molar-refractivity contribution in [3.8, 4) is 22.6 Å². The van der Waals surface area contributed by atoms with E-state index in [1.54, 1.807) is 28.0 Å². The molecule has 0 aliphatic carbocycles. The first-order valence-corrected chi connectivity index (χ1v) is 10.5. The molecule has 0 radical (unpaired) electrons. The van der Waals surface area contributed by atoms with Gasteiger partial charge >= 0.3 is 0 Å². The van der Waals surface area contributed by atoms with Crippen LogP contribution in [0.3, 0.4) is 0 Å². The van der Waals surface area contributed by atoms with E-state index in [0.717, 1.165) is 16.6 Å². The number of hydrogen-bond acceptors (Lipinski definition) is 7. The summed E-state index contributed by atoms with van der Waals surface area (Å²) in [5.74, 6) is 0.619. The predicted octanol–water partition coefficient (Wildman–Crippen LogP) is 4.75. The number of nitrogens with zero attached hydrogens (tertiary/aromatic N) is 5. The van der Waals surface area contributed by atoms with E-state index >= 15 is 4.39 Å². The predicted molar refractivity (Wildman–Crippen MR) is 126 cm³/mol. The van der Waals surface area contributed by atoms with Crippen LogP contribution in [-0.4, -0.2) is 46.7 Å². The quantitative estimate of drug-likeness (QED) is 0.293. The minimum Gasteiger partial charge on any atom is -0.497 e. The van der Waals surface area contributed by atoms with Crippen LogP contribution in [0.15, 0.2) is 48.9 Å². The second-order valence-corrected chi connectivity index (χ2v) is 7.50. The van der Waals surface area contributed by atoms with E-state index in [1.807, 2.05) is 31.4 Å². The lowest BCUT2D eigenvalue weighted by Gasteiger charge is -2.25. The Morgan fingerprint density at radius 1 is 1.09 bits per heavy atom. The third kappa shape index (κ3) is 4.62. The topological polar surface area (TPSA) is 89.2 Å². The SMILES string of the molecule is COc1cc(OC)c(F)c(N(CCCC=N)c2ccc3ncc(-c4cnn(C)c4)cc3n2)c1. The van der Waals surface area contributed by atoms with Crippen molar-refractivity contribution >= 4 is 28.8 Å². The van der Waals surface area contributed by atoms with Gasteiger partial charge in [0.05, 0.1) is 37.1 Å². The number of benzene rings is 1. The molecule has 0 bridgehead atoms. The highest BCUT2D eigenvalue weighted by atomic mass is 19.1. The van der Waals surface area contributed by atoms with E-state index in [9.17, 15) is 0 Å². The fraction of sp³-hybridized carbons (Fsp3) is 0.250. The summed E-state index contributed by atoms with van der Waals surface area (Å²) in [5.41, 5.74) is 3.53. The molecular weight excluding hydrogens is 423 g/mol. The molecule has 1 aromatic carbocycles. The van der Waals surface area contributed by atoms with Gasteiger partial charge in [0.2, 0.25) is 0 Å². The number of unbranched alkanes of at least 4 members (excludes halogenated alkanes) is 1. The first kappa shape index (κ1) is 22.2. The molecule has 0 spiro atoms. The third-order valence-corrected chi connectivity index (χ3v) is 5.31. The number of nitrogens with one attached hydrogen (secondary N) is 1. The summed E-state index contributed by atoms with van der Waals surface area (Å²) in [4.78, 5) is 11.1. The normalized spacial score (nSPS) is 10.9. The van der Waals surface area contributed by atoms with Gasteiger partial charge in [-0.1, -0.05) is 0 Å². The summed E-state index contributed by atoms with van der Waals surface area (Å²) in [6, 6.07) is 8.75. The zero-order valence-corrected chi connectivity index (χ0v) is 18.7. The number of aryl methyl sites for hydroxylation is 1. The molecule has 9 heteroatoms. The summed E-state index contributed by atoms with van der Waals surface area (Å²) in [7, 11) is 4.80. The van der Waals surface area contributed by atoms with Crippen molar-refractivity contribution in [1.82, 2.24) is 19.7 Å². The molecule has 8 nitrogen and oxygen atoms in total.